The van der Waals surface area contributed by atoms with Crippen LogP contribution < -0.4 is 15.2 Å². The van der Waals surface area contributed by atoms with Gasteiger partial charge in [0.15, 0.2) is 18.2 Å². The number of rotatable bonds is 7. The Morgan fingerprint density at radius 1 is 0.793 bits per heavy atom. The summed E-state index contributed by atoms with van der Waals surface area (Å²) < 4.78 is 14.5. The Labute approximate surface area is 167 Å². The molecule has 0 saturated heterocycles. The van der Waals surface area contributed by atoms with Crippen LogP contribution in [0.3, 0.4) is 0 Å². The number of aromatic nitrogens is 1. The van der Waals surface area contributed by atoms with Gasteiger partial charge in [-0.15, -0.1) is 0 Å². The molecule has 0 aliphatic carbocycles. The van der Waals surface area contributed by atoms with E-state index in [1.807, 2.05) is 6.07 Å². The minimum absolute atomic E-state index is 0.00361. The average molecular weight is 392 g/mol. The van der Waals surface area contributed by atoms with E-state index in [2.05, 4.69) is 10.6 Å². The molecule has 1 heterocycles. The van der Waals surface area contributed by atoms with Crippen molar-refractivity contribution in [2.45, 2.75) is 6.54 Å². The summed E-state index contributed by atoms with van der Waals surface area (Å²) in [6.45, 7) is -0.203. The van der Waals surface area contributed by atoms with Gasteiger partial charge in [-0.05, 0) is 24.3 Å². The second-order valence-electron chi connectivity index (χ2n) is 6.29. The third-order valence-corrected chi connectivity index (χ3v) is 4.09. The summed E-state index contributed by atoms with van der Waals surface area (Å²) in [5, 5.41) is 5.07. The van der Waals surface area contributed by atoms with Crippen molar-refractivity contribution in [1.82, 2.24) is 5.32 Å². The fraction of sp³-hybridized carbons (Fsp3) is 0.0909. The van der Waals surface area contributed by atoms with Crippen molar-refractivity contribution in [3.63, 3.8) is 0 Å². The third kappa shape index (κ3) is 5.80. The SMILES string of the molecule is O=C(C[n+]1ccc(C(=O)c2ccccc2)cc1)NCC(=O)Nc1ccc(F)cc1. The number of hydrogen-bond acceptors (Lipinski definition) is 3. The molecule has 0 fully saturated rings. The molecular weight excluding hydrogens is 373 g/mol. The van der Waals surface area contributed by atoms with Crippen molar-refractivity contribution in [2.24, 2.45) is 0 Å². The highest BCUT2D eigenvalue weighted by molar-refractivity contribution is 6.08. The number of carbonyl (C=O) groups excluding carboxylic acids is 3. The zero-order chi connectivity index (χ0) is 20.6. The van der Waals surface area contributed by atoms with Gasteiger partial charge in [-0.3, -0.25) is 14.4 Å². The van der Waals surface area contributed by atoms with E-state index in [4.69, 9.17) is 0 Å². The zero-order valence-electron chi connectivity index (χ0n) is 15.5. The summed E-state index contributed by atoms with van der Waals surface area (Å²) in [7, 11) is 0. The number of pyridine rings is 1. The maximum atomic E-state index is 12.8. The predicted molar refractivity (Wildman–Crippen MR) is 105 cm³/mol. The first-order valence-corrected chi connectivity index (χ1v) is 8.92. The van der Waals surface area contributed by atoms with Gasteiger partial charge in [0.25, 0.3) is 5.91 Å². The van der Waals surface area contributed by atoms with Gasteiger partial charge in [0, 0.05) is 28.9 Å². The van der Waals surface area contributed by atoms with Crippen LogP contribution in [0.4, 0.5) is 10.1 Å². The van der Waals surface area contributed by atoms with Gasteiger partial charge < -0.3 is 10.6 Å². The molecule has 6 nitrogen and oxygen atoms in total. The zero-order valence-corrected chi connectivity index (χ0v) is 15.5. The molecule has 0 unspecified atom stereocenters. The Bertz CT molecular complexity index is 1000. The first-order valence-electron chi connectivity index (χ1n) is 8.92. The van der Waals surface area contributed by atoms with Crippen molar-refractivity contribution in [2.75, 3.05) is 11.9 Å². The van der Waals surface area contributed by atoms with Crippen LogP contribution in [0.25, 0.3) is 0 Å². The molecular formula is C22H19FN3O3+. The van der Waals surface area contributed by atoms with Crippen LogP contribution in [0, 0.1) is 5.82 Å². The van der Waals surface area contributed by atoms with E-state index in [0.29, 0.717) is 16.8 Å². The van der Waals surface area contributed by atoms with Gasteiger partial charge in [0.05, 0.1) is 6.54 Å². The van der Waals surface area contributed by atoms with Gasteiger partial charge in [-0.1, -0.05) is 30.3 Å². The van der Waals surface area contributed by atoms with Crippen molar-refractivity contribution in [3.8, 4) is 0 Å². The van der Waals surface area contributed by atoms with Crippen molar-refractivity contribution in [3.05, 3.63) is 96.1 Å². The fourth-order valence-corrected chi connectivity index (χ4v) is 2.61. The number of hydrogen-bond donors (Lipinski definition) is 2. The average Bonchev–Trinajstić information content (AvgIpc) is 2.74. The number of benzene rings is 2. The van der Waals surface area contributed by atoms with Gasteiger partial charge in [0.2, 0.25) is 12.5 Å². The molecule has 2 amide bonds. The predicted octanol–water partition coefficient (Wildman–Crippen LogP) is 2.10. The van der Waals surface area contributed by atoms with E-state index in [-0.39, 0.29) is 24.8 Å². The molecule has 0 aliphatic rings. The summed E-state index contributed by atoms with van der Waals surface area (Å²) >= 11 is 0. The van der Waals surface area contributed by atoms with Crippen LogP contribution in [0.15, 0.2) is 79.1 Å². The standard InChI is InChI=1S/C22H18FN3O3/c23-18-6-8-19(9-7-18)25-20(27)14-24-21(28)15-26-12-10-17(11-13-26)22(29)16-4-2-1-3-5-16/h1-13H,14-15H2,(H-,24,25,27,28)/p+1. The molecule has 0 bridgehead atoms. The van der Waals surface area contributed by atoms with Gasteiger partial charge in [-0.25, -0.2) is 4.39 Å². The molecule has 146 valence electrons. The quantitative estimate of drug-likeness (QED) is 0.477. The molecule has 1 aromatic heterocycles. The number of nitrogens with zero attached hydrogens (tertiary/aromatic N) is 1. The summed E-state index contributed by atoms with van der Waals surface area (Å²) in [6.07, 6.45) is 3.27. The van der Waals surface area contributed by atoms with Gasteiger partial charge in [-0.2, -0.15) is 4.57 Å². The van der Waals surface area contributed by atoms with E-state index in [9.17, 15) is 18.8 Å². The van der Waals surface area contributed by atoms with Crippen molar-refractivity contribution >= 4 is 23.3 Å². The highest BCUT2D eigenvalue weighted by Gasteiger charge is 2.14. The molecule has 0 saturated carbocycles. The lowest BCUT2D eigenvalue weighted by atomic mass is 10.0. The Morgan fingerprint density at radius 3 is 2.07 bits per heavy atom. The number of amides is 2. The molecule has 0 aliphatic heterocycles. The molecule has 3 rings (SSSR count). The second-order valence-corrected chi connectivity index (χ2v) is 6.29. The minimum atomic E-state index is -0.418. The Morgan fingerprint density at radius 2 is 1.41 bits per heavy atom. The largest absolute Gasteiger partial charge is 0.342 e. The topological polar surface area (TPSA) is 79.2 Å². The number of nitrogens with one attached hydrogen (secondary N) is 2. The van der Waals surface area contributed by atoms with Crippen molar-refractivity contribution in [1.29, 1.82) is 0 Å². The van der Waals surface area contributed by atoms with Crippen LogP contribution in [0.5, 0.6) is 0 Å². The molecule has 7 heteroatoms. The first-order chi connectivity index (χ1) is 14.0. The summed E-state index contributed by atoms with van der Waals surface area (Å²) in [4.78, 5) is 36.2. The summed E-state index contributed by atoms with van der Waals surface area (Å²) in [5.74, 6) is -1.27. The van der Waals surface area contributed by atoms with Crippen LogP contribution in [-0.4, -0.2) is 24.1 Å². The van der Waals surface area contributed by atoms with Crippen LogP contribution >= 0.6 is 0 Å². The lowest BCUT2D eigenvalue weighted by Crippen LogP contribution is -2.44. The van der Waals surface area contributed by atoms with Crippen molar-refractivity contribution < 1.29 is 23.3 Å². The number of halogens is 1. The van der Waals surface area contributed by atoms with Gasteiger partial charge >= 0.3 is 0 Å². The first kappa shape index (κ1) is 19.9. The molecule has 0 atom stereocenters. The lowest BCUT2D eigenvalue weighted by Gasteiger charge is -2.06. The van der Waals surface area contributed by atoms with Crippen LogP contribution in [0.2, 0.25) is 0 Å². The summed E-state index contributed by atoms with van der Waals surface area (Å²) in [5.41, 5.74) is 1.56. The second kappa shape index (κ2) is 9.36. The van der Waals surface area contributed by atoms with Gasteiger partial charge in [0.1, 0.15) is 5.82 Å². The Kier molecular flexibility index (Phi) is 6.42. The Hall–Kier alpha value is -3.87. The Balaban J connectivity index is 1.48. The van der Waals surface area contributed by atoms with E-state index in [0.717, 1.165) is 0 Å². The van der Waals surface area contributed by atoms with E-state index < -0.39 is 11.7 Å². The molecule has 0 radical (unpaired) electrons. The van der Waals surface area contributed by atoms with E-state index >= 15 is 0 Å². The lowest BCUT2D eigenvalue weighted by molar-refractivity contribution is -0.684. The van der Waals surface area contributed by atoms with E-state index in [1.54, 1.807) is 53.4 Å². The van der Waals surface area contributed by atoms with E-state index in [1.165, 1.54) is 24.3 Å². The highest BCUT2D eigenvalue weighted by Crippen LogP contribution is 2.08. The molecule has 3 aromatic rings. The number of anilines is 1. The molecule has 2 aromatic carbocycles. The maximum Gasteiger partial charge on any atom is 0.286 e. The smallest absolute Gasteiger partial charge is 0.286 e. The fourth-order valence-electron chi connectivity index (χ4n) is 2.61. The highest BCUT2D eigenvalue weighted by atomic mass is 19.1. The monoisotopic (exact) mass is 392 g/mol. The normalized spacial score (nSPS) is 10.2. The van der Waals surface area contributed by atoms with Crippen LogP contribution in [0.1, 0.15) is 15.9 Å². The molecule has 29 heavy (non-hydrogen) atoms. The maximum absolute atomic E-state index is 12.8. The molecule has 2 N–H and O–H groups in total. The number of carbonyl (C=O) groups is 3. The summed E-state index contributed by atoms with van der Waals surface area (Å²) in [6, 6.07) is 17.5. The molecule has 0 spiro atoms. The number of ketones is 1. The third-order valence-electron chi connectivity index (χ3n) is 4.09. The van der Waals surface area contributed by atoms with Crippen LogP contribution in [-0.2, 0) is 16.1 Å². The minimum Gasteiger partial charge on any atom is -0.342 e.